The fraction of sp³-hybridized carbons (Fsp3) is 0.375. The van der Waals surface area contributed by atoms with Crippen molar-refractivity contribution in [2.45, 2.75) is 37.6 Å². The summed E-state index contributed by atoms with van der Waals surface area (Å²) in [6, 6.07) is 9.27. The maximum atomic E-state index is 13.0. The number of hydrogen-bond acceptors (Lipinski definition) is 3. The largest absolute Gasteiger partial charge is 0.243 e. The van der Waals surface area contributed by atoms with Crippen LogP contribution in [0.3, 0.4) is 0 Å². The molecule has 0 saturated heterocycles. The van der Waals surface area contributed by atoms with E-state index in [9.17, 15) is 8.42 Å². The van der Waals surface area contributed by atoms with Gasteiger partial charge in [0.05, 0.1) is 10.9 Å². The van der Waals surface area contributed by atoms with Gasteiger partial charge in [0.2, 0.25) is 10.0 Å². The van der Waals surface area contributed by atoms with Crippen LogP contribution >= 0.6 is 11.3 Å². The first-order chi connectivity index (χ1) is 10.1. The number of rotatable bonds is 3. The van der Waals surface area contributed by atoms with Gasteiger partial charge in [-0.25, -0.2) is 8.42 Å². The molecule has 1 aromatic heterocycles. The van der Waals surface area contributed by atoms with Gasteiger partial charge in [-0.2, -0.15) is 4.31 Å². The third kappa shape index (κ3) is 2.43. The van der Waals surface area contributed by atoms with E-state index in [1.54, 1.807) is 27.8 Å². The zero-order chi connectivity index (χ0) is 15.0. The van der Waals surface area contributed by atoms with E-state index in [2.05, 4.69) is 18.4 Å². The predicted octanol–water partition coefficient (Wildman–Crippen LogP) is 3.75. The second kappa shape index (κ2) is 5.55. The van der Waals surface area contributed by atoms with Crippen LogP contribution in [0.2, 0.25) is 0 Å². The van der Waals surface area contributed by atoms with E-state index in [1.807, 2.05) is 19.1 Å². The predicted molar refractivity (Wildman–Crippen MR) is 86.1 cm³/mol. The topological polar surface area (TPSA) is 37.4 Å². The van der Waals surface area contributed by atoms with Crippen molar-refractivity contribution in [3.63, 3.8) is 0 Å². The molecule has 1 atom stereocenters. The summed E-state index contributed by atoms with van der Waals surface area (Å²) < 4.78 is 27.8. The molecule has 21 heavy (non-hydrogen) atoms. The van der Waals surface area contributed by atoms with Crippen molar-refractivity contribution in [1.82, 2.24) is 4.31 Å². The van der Waals surface area contributed by atoms with Crippen LogP contribution in [0, 0.1) is 6.92 Å². The summed E-state index contributed by atoms with van der Waals surface area (Å²) in [6.45, 7) is 4.48. The first-order valence-electron chi connectivity index (χ1n) is 7.19. The average Bonchev–Trinajstić information content (AvgIpc) is 2.94. The molecule has 0 spiro atoms. The number of nitrogens with zero attached hydrogens (tertiary/aromatic N) is 1. The lowest BCUT2D eigenvalue weighted by Gasteiger charge is -2.34. The van der Waals surface area contributed by atoms with E-state index < -0.39 is 10.0 Å². The van der Waals surface area contributed by atoms with Crippen LogP contribution in [0.15, 0.2) is 40.6 Å². The van der Waals surface area contributed by atoms with Gasteiger partial charge < -0.3 is 0 Å². The highest BCUT2D eigenvalue weighted by molar-refractivity contribution is 7.89. The summed E-state index contributed by atoms with van der Waals surface area (Å²) in [6.07, 6.45) is 1.61. The summed E-state index contributed by atoms with van der Waals surface area (Å²) in [5, 5.41) is 2.07. The highest BCUT2D eigenvalue weighted by Crippen LogP contribution is 2.38. The zero-order valence-electron chi connectivity index (χ0n) is 12.2. The number of aryl methyl sites for hydroxylation is 1. The van der Waals surface area contributed by atoms with Crippen LogP contribution in [0.4, 0.5) is 0 Å². The van der Waals surface area contributed by atoms with Gasteiger partial charge in [0.15, 0.2) is 0 Å². The molecule has 0 radical (unpaired) electrons. The highest BCUT2D eigenvalue weighted by Gasteiger charge is 2.36. The molecule has 0 fully saturated rings. The molecule has 2 heterocycles. The minimum absolute atomic E-state index is 0.0374. The fourth-order valence-corrected chi connectivity index (χ4v) is 5.89. The second-order valence-corrected chi connectivity index (χ2v) is 8.21. The summed E-state index contributed by atoms with van der Waals surface area (Å²) in [5.74, 6) is 0. The van der Waals surface area contributed by atoms with Gasteiger partial charge in [-0.1, -0.05) is 25.1 Å². The van der Waals surface area contributed by atoms with Crippen molar-refractivity contribution in [3.05, 3.63) is 51.7 Å². The molecule has 1 aliphatic rings. The Hall–Kier alpha value is -1.17. The van der Waals surface area contributed by atoms with Gasteiger partial charge in [-0.05, 0) is 48.4 Å². The van der Waals surface area contributed by atoms with Crippen molar-refractivity contribution >= 4 is 21.4 Å². The van der Waals surface area contributed by atoms with Gasteiger partial charge in [0.1, 0.15) is 0 Å². The van der Waals surface area contributed by atoms with Gasteiger partial charge in [-0.15, -0.1) is 11.3 Å². The van der Waals surface area contributed by atoms with Crippen molar-refractivity contribution < 1.29 is 8.42 Å². The van der Waals surface area contributed by atoms with Crippen LogP contribution in [-0.2, 0) is 16.4 Å². The molecule has 3 nitrogen and oxygen atoms in total. The molecule has 1 aliphatic heterocycles. The van der Waals surface area contributed by atoms with Crippen LogP contribution in [0.1, 0.15) is 35.4 Å². The fourth-order valence-electron chi connectivity index (χ4n) is 3.06. The molecular weight excluding hydrogens is 302 g/mol. The third-order valence-electron chi connectivity index (χ3n) is 4.11. The molecule has 1 unspecified atom stereocenters. The normalized spacial score (nSPS) is 19.4. The van der Waals surface area contributed by atoms with Crippen LogP contribution in [0.5, 0.6) is 0 Å². The molecule has 112 valence electrons. The van der Waals surface area contributed by atoms with E-state index in [1.165, 1.54) is 10.4 Å². The van der Waals surface area contributed by atoms with Crippen molar-refractivity contribution in [2.75, 3.05) is 6.54 Å². The highest BCUT2D eigenvalue weighted by atomic mass is 32.2. The molecule has 0 N–H and O–H groups in total. The van der Waals surface area contributed by atoms with E-state index in [0.717, 1.165) is 18.4 Å². The van der Waals surface area contributed by atoms with Gasteiger partial charge in [-0.3, -0.25) is 0 Å². The maximum absolute atomic E-state index is 13.0. The smallest absolute Gasteiger partial charge is 0.207 e. The molecular formula is C16H19NO2S2. The Morgan fingerprint density at radius 2 is 2.05 bits per heavy atom. The van der Waals surface area contributed by atoms with Crippen LogP contribution < -0.4 is 0 Å². The van der Waals surface area contributed by atoms with E-state index in [0.29, 0.717) is 11.4 Å². The zero-order valence-corrected chi connectivity index (χ0v) is 13.9. The number of fused-ring (bicyclic) bond motifs is 1. The van der Waals surface area contributed by atoms with E-state index >= 15 is 0 Å². The van der Waals surface area contributed by atoms with E-state index in [4.69, 9.17) is 0 Å². The lowest BCUT2D eigenvalue weighted by molar-refractivity contribution is 0.303. The Bertz CT molecular complexity index is 749. The van der Waals surface area contributed by atoms with Crippen molar-refractivity contribution in [3.8, 4) is 0 Å². The standard InChI is InChI=1S/C16H19NO2S2/c1-3-14-13-9-11-20-15(13)8-10-17(14)21(18,19)16-7-5-4-6-12(16)2/h4-7,9,11,14H,3,8,10H2,1-2H3. The Morgan fingerprint density at radius 1 is 1.29 bits per heavy atom. The van der Waals surface area contributed by atoms with Crippen LogP contribution in [-0.4, -0.2) is 19.3 Å². The quantitative estimate of drug-likeness (QED) is 0.863. The average molecular weight is 321 g/mol. The van der Waals surface area contributed by atoms with Crippen molar-refractivity contribution in [2.24, 2.45) is 0 Å². The molecule has 0 bridgehead atoms. The third-order valence-corrected chi connectivity index (χ3v) is 7.18. The number of sulfonamides is 1. The van der Waals surface area contributed by atoms with E-state index in [-0.39, 0.29) is 6.04 Å². The molecule has 0 amide bonds. The minimum Gasteiger partial charge on any atom is -0.207 e. The molecule has 2 aromatic rings. The number of benzene rings is 1. The second-order valence-electron chi connectivity index (χ2n) is 5.35. The molecule has 3 rings (SSSR count). The lowest BCUT2D eigenvalue weighted by Crippen LogP contribution is -2.39. The Morgan fingerprint density at radius 3 is 2.76 bits per heavy atom. The molecule has 0 aliphatic carbocycles. The Kier molecular flexibility index (Phi) is 3.90. The summed E-state index contributed by atoms with van der Waals surface area (Å²) in [7, 11) is -3.44. The van der Waals surface area contributed by atoms with Gasteiger partial charge in [0, 0.05) is 11.4 Å². The number of thiophene rings is 1. The Labute approximate surface area is 130 Å². The summed E-state index contributed by atoms with van der Waals surface area (Å²) >= 11 is 1.73. The minimum atomic E-state index is -3.44. The summed E-state index contributed by atoms with van der Waals surface area (Å²) in [5.41, 5.74) is 1.99. The van der Waals surface area contributed by atoms with Gasteiger partial charge in [0.25, 0.3) is 0 Å². The van der Waals surface area contributed by atoms with Crippen molar-refractivity contribution in [1.29, 1.82) is 0 Å². The monoisotopic (exact) mass is 321 g/mol. The van der Waals surface area contributed by atoms with Gasteiger partial charge >= 0.3 is 0 Å². The number of hydrogen-bond donors (Lipinski definition) is 0. The first-order valence-corrected chi connectivity index (χ1v) is 9.51. The molecule has 5 heteroatoms. The van der Waals surface area contributed by atoms with Crippen LogP contribution in [0.25, 0.3) is 0 Å². The first kappa shape index (κ1) is 14.8. The maximum Gasteiger partial charge on any atom is 0.243 e. The molecule has 1 aromatic carbocycles. The Balaban J connectivity index is 2.06. The summed E-state index contributed by atoms with van der Waals surface area (Å²) in [4.78, 5) is 1.76. The molecule has 0 saturated carbocycles. The SMILES string of the molecule is CCC1c2ccsc2CCN1S(=O)(=O)c1ccccc1C. The lowest BCUT2D eigenvalue weighted by atomic mass is 10.0.